The summed E-state index contributed by atoms with van der Waals surface area (Å²) in [5, 5.41) is 12.0. The van der Waals surface area contributed by atoms with Gasteiger partial charge in [-0.1, -0.05) is 24.3 Å². The van der Waals surface area contributed by atoms with Gasteiger partial charge in [-0.15, -0.1) is 0 Å². The SMILES string of the molecule is Nc1ccccc1N.Nc1ccccc1N.OO. The van der Waals surface area contributed by atoms with Crippen molar-refractivity contribution >= 4 is 22.7 Å². The molecule has 0 atom stereocenters. The highest BCUT2D eigenvalue weighted by atomic mass is 17.0. The van der Waals surface area contributed by atoms with Crippen LogP contribution in [0, 0.1) is 0 Å². The van der Waals surface area contributed by atoms with Gasteiger partial charge in [0, 0.05) is 0 Å². The topological polar surface area (TPSA) is 145 Å². The Bertz CT molecular complexity index is 378. The first-order valence-corrected chi connectivity index (χ1v) is 5.01. The number of para-hydroxylation sites is 4. The first-order valence-electron chi connectivity index (χ1n) is 5.01. The summed E-state index contributed by atoms with van der Waals surface area (Å²) in [6.07, 6.45) is 0. The van der Waals surface area contributed by atoms with Crippen LogP contribution in [-0.2, 0) is 0 Å². The number of hydrogen-bond acceptors (Lipinski definition) is 6. The predicted octanol–water partition coefficient (Wildman–Crippen LogP) is 1.72. The van der Waals surface area contributed by atoms with Crippen LogP contribution in [0.3, 0.4) is 0 Å². The molecule has 0 bridgehead atoms. The van der Waals surface area contributed by atoms with Crippen molar-refractivity contribution < 1.29 is 10.5 Å². The Labute approximate surface area is 105 Å². The molecule has 18 heavy (non-hydrogen) atoms. The highest BCUT2D eigenvalue weighted by molar-refractivity contribution is 5.62. The van der Waals surface area contributed by atoms with Crippen molar-refractivity contribution in [2.75, 3.05) is 22.9 Å². The molecule has 10 N–H and O–H groups in total. The van der Waals surface area contributed by atoms with Gasteiger partial charge in [0.05, 0.1) is 22.7 Å². The van der Waals surface area contributed by atoms with E-state index in [4.69, 9.17) is 33.4 Å². The average Bonchev–Trinajstić information content (AvgIpc) is 2.40. The number of nitrogens with two attached hydrogens (primary N) is 4. The second-order valence-corrected chi connectivity index (χ2v) is 3.26. The van der Waals surface area contributed by atoms with Crippen molar-refractivity contribution in [3.63, 3.8) is 0 Å². The van der Waals surface area contributed by atoms with Crippen LogP contribution in [0.15, 0.2) is 48.5 Å². The lowest BCUT2D eigenvalue weighted by Crippen LogP contribution is -1.91. The number of rotatable bonds is 0. The molecule has 0 radical (unpaired) electrons. The molecule has 2 rings (SSSR count). The van der Waals surface area contributed by atoms with Gasteiger partial charge in [0.25, 0.3) is 0 Å². The molecule has 0 aromatic heterocycles. The highest BCUT2D eigenvalue weighted by Crippen LogP contribution is 2.11. The largest absolute Gasteiger partial charge is 0.397 e. The minimum Gasteiger partial charge on any atom is -0.397 e. The van der Waals surface area contributed by atoms with Crippen LogP contribution in [0.1, 0.15) is 0 Å². The summed E-state index contributed by atoms with van der Waals surface area (Å²) in [5.41, 5.74) is 24.2. The van der Waals surface area contributed by atoms with E-state index in [1.165, 1.54) is 0 Å². The molecule has 0 saturated carbocycles. The zero-order valence-electron chi connectivity index (χ0n) is 9.82. The maximum atomic E-state index is 6.00. The van der Waals surface area contributed by atoms with Gasteiger partial charge >= 0.3 is 0 Å². The molecule has 2 aromatic rings. The number of nitrogen functional groups attached to an aromatic ring is 4. The zero-order valence-corrected chi connectivity index (χ0v) is 9.82. The number of benzene rings is 2. The standard InChI is InChI=1S/2C6H8N2.H2O2/c2*7-5-3-1-2-4-6(5)8;1-2/h2*1-4H,7-8H2;1-2H. The van der Waals surface area contributed by atoms with Gasteiger partial charge in [0.2, 0.25) is 0 Å². The minimum atomic E-state index is 0.646. The lowest BCUT2D eigenvalue weighted by atomic mass is 10.3. The van der Waals surface area contributed by atoms with E-state index in [0.717, 1.165) is 0 Å². The van der Waals surface area contributed by atoms with Crippen LogP contribution >= 0.6 is 0 Å². The molecular formula is C12H18N4O2. The van der Waals surface area contributed by atoms with Crippen molar-refractivity contribution in [2.45, 2.75) is 0 Å². The third kappa shape index (κ3) is 5.59. The second-order valence-electron chi connectivity index (χ2n) is 3.26. The van der Waals surface area contributed by atoms with E-state index in [-0.39, 0.29) is 0 Å². The lowest BCUT2D eigenvalue weighted by Gasteiger charge is -1.94. The molecule has 0 unspecified atom stereocenters. The van der Waals surface area contributed by atoms with E-state index < -0.39 is 0 Å². The molecule has 0 spiro atoms. The summed E-state index contributed by atoms with van der Waals surface area (Å²) in [6.45, 7) is 0. The Morgan fingerprint density at radius 2 is 0.667 bits per heavy atom. The lowest BCUT2D eigenvalue weighted by molar-refractivity contribution is -0.176. The maximum Gasteiger partial charge on any atom is 0.0547 e. The van der Waals surface area contributed by atoms with E-state index in [1.54, 1.807) is 24.3 Å². The molecule has 6 nitrogen and oxygen atoms in total. The number of anilines is 4. The monoisotopic (exact) mass is 250 g/mol. The molecule has 0 aliphatic carbocycles. The quantitative estimate of drug-likeness (QED) is 0.238. The summed E-state index contributed by atoms with van der Waals surface area (Å²) in [5.74, 6) is 0. The Morgan fingerprint density at radius 3 is 0.778 bits per heavy atom. The van der Waals surface area contributed by atoms with E-state index in [2.05, 4.69) is 0 Å². The summed E-state index contributed by atoms with van der Waals surface area (Å²) >= 11 is 0. The van der Waals surface area contributed by atoms with Crippen LogP contribution in [0.5, 0.6) is 0 Å². The molecule has 2 aromatic carbocycles. The van der Waals surface area contributed by atoms with E-state index >= 15 is 0 Å². The number of hydrogen-bond donors (Lipinski definition) is 6. The molecular weight excluding hydrogens is 232 g/mol. The van der Waals surface area contributed by atoms with Gasteiger partial charge < -0.3 is 22.9 Å². The van der Waals surface area contributed by atoms with Crippen molar-refractivity contribution in [2.24, 2.45) is 0 Å². The molecule has 0 aliphatic rings. The molecule has 0 fully saturated rings. The summed E-state index contributed by atoms with van der Waals surface area (Å²) in [6, 6.07) is 14.5. The van der Waals surface area contributed by atoms with Gasteiger partial charge in [-0.3, -0.25) is 10.5 Å². The van der Waals surface area contributed by atoms with Crippen LogP contribution in [-0.4, -0.2) is 10.5 Å². The smallest absolute Gasteiger partial charge is 0.0547 e. The molecule has 0 saturated heterocycles. The molecule has 6 heteroatoms. The first-order chi connectivity index (χ1) is 8.61. The Morgan fingerprint density at radius 1 is 0.500 bits per heavy atom. The molecule has 0 aliphatic heterocycles. The van der Waals surface area contributed by atoms with Crippen molar-refractivity contribution in [1.29, 1.82) is 0 Å². The average molecular weight is 250 g/mol. The summed E-state index contributed by atoms with van der Waals surface area (Å²) in [7, 11) is 0. The fourth-order valence-electron chi connectivity index (χ4n) is 1.02. The predicted molar refractivity (Wildman–Crippen MR) is 75.8 cm³/mol. The van der Waals surface area contributed by atoms with Crippen LogP contribution in [0.2, 0.25) is 0 Å². The van der Waals surface area contributed by atoms with Crippen LogP contribution in [0.25, 0.3) is 0 Å². The highest BCUT2D eigenvalue weighted by Gasteiger charge is 1.85. The van der Waals surface area contributed by atoms with Crippen molar-refractivity contribution in [1.82, 2.24) is 0 Å². The normalized spacial score (nSPS) is 8.33. The van der Waals surface area contributed by atoms with Crippen LogP contribution < -0.4 is 22.9 Å². The van der Waals surface area contributed by atoms with Gasteiger partial charge in [-0.05, 0) is 24.3 Å². The third-order valence-electron chi connectivity index (χ3n) is 1.99. The Hall–Kier alpha value is -2.44. The maximum absolute atomic E-state index is 6.00. The van der Waals surface area contributed by atoms with Crippen molar-refractivity contribution in [3.8, 4) is 0 Å². The third-order valence-corrected chi connectivity index (χ3v) is 1.99. The van der Waals surface area contributed by atoms with E-state index in [9.17, 15) is 0 Å². The molecule has 0 amide bonds. The minimum absolute atomic E-state index is 0.646. The van der Waals surface area contributed by atoms with Gasteiger partial charge in [0.15, 0.2) is 0 Å². The molecule has 0 heterocycles. The first kappa shape index (κ1) is 15.6. The van der Waals surface area contributed by atoms with Gasteiger partial charge in [0.1, 0.15) is 0 Å². The Balaban J connectivity index is 0.000000283. The summed E-state index contributed by atoms with van der Waals surface area (Å²) < 4.78 is 0. The van der Waals surface area contributed by atoms with Gasteiger partial charge in [-0.25, -0.2) is 0 Å². The van der Waals surface area contributed by atoms with Crippen molar-refractivity contribution in [3.05, 3.63) is 48.5 Å². The second kappa shape index (κ2) is 8.68. The van der Waals surface area contributed by atoms with E-state index in [1.807, 2.05) is 24.3 Å². The Kier molecular flexibility index (Phi) is 7.51. The fourth-order valence-corrected chi connectivity index (χ4v) is 1.02. The summed E-state index contributed by atoms with van der Waals surface area (Å²) in [4.78, 5) is 0. The van der Waals surface area contributed by atoms with Crippen LogP contribution in [0.4, 0.5) is 22.7 Å². The van der Waals surface area contributed by atoms with E-state index in [0.29, 0.717) is 22.7 Å². The van der Waals surface area contributed by atoms with Gasteiger partial charge in [-0.2, -0.15) is 0 Å². The molecule has 98 valence electrons. The fraction of sp³-hybridized carbons (Fsp3) is 0. The zero-order chi connectivity index (χ0) is 14.0.